The molecule has 9 heteroatoms. The molecule has 1 amide bonds. The highest BCUT2D eigenvalue weighted by Crippen LogP contribution is 2.17. The molecule has 0 aliphatic rings. The van der Waals surface area contributed by atoms with Crippen molar-refractivity contribution < 1.29 is 14.7 Å². The molecule has 2 aromatic rings. The summed E-state index contributed by atoms with van der Waals surface area (Å²) in [6.45, 7) is 2.15. The molecule has 0 saturated heterocycles. The van der Waals surface area contributed by atoms with Gasteiger partial charge < -0.3 is 10.4 Å². The van der Waals surface area contributed by atoms with E-state index in [1.54, 1.807) is 11.6 Å². The summed E-state index contributed by atoms with van der Waals surface area (Å²) in [5.74, 6) is -0.640. The van der Waals surface area contributed by atoms with Crippen LogP contribution in [0.3, 0.4) is 0 Å². The number of hydrogen-bond donors (Lipinski definition) is 2. The van der Waals surface area contributed by atoms with E-state index in [-0.39, 0.29) is 17.4 Å². The third-order valence-corrected chi connectivity index (χ3v) is 4.36. The lowest BCUT2D eigenvalue weighted by atomic mass is 10.3. The fraction of sp³-hybridized carbons (Fsp3) is 0.286. The average molecular weight is 399 g/mol. The van der Waals surface area contributed by atoms with Crippen molar-refractivity contribution in [1.82, 2.24) is 20.3 Å². The van der Waals surface area contributed by atoms with E-state index in [9.17, 15) is 9.59 Å². The third kappa shape index (κ3) is 4.80. The molecule has 1 heterocycles. The number of carboxylic acid groups (broad SMARTS) is 1. The number of carboxylic acids is 1. The summed E-state index contributed by atoms with van der Waals surface area (Å²) < 4.78 is 2.50. The standard InChI is InChI=1S/C14H15BrN4O3S/c1-9-13(14(22)16-5-6-23-8-12(20)21)17-18-19(9)11-4-2-3-10(15)7-11/h2-4,7H,5-6,8H2,1H3,(H,16,22)(H,20,21). The van der Waals surface area contributed by atoms with Crippen LogP contribution in [0.5, 0.6) is 0 Å². The lowest BCUT2D eigenvalue weighted by Gasteiger charge is -2.05. The highest BCUT2D eigenvalue weighted by Gasteiger charge is 2.17. The number of halogens is 1. The van der Waals surface area contributed by atoms with E-state index < -0.39 is 5.97 Å². The van der Waals surface area contributed by atoms with Gasteiger partial charge in [-0.25, -0.2) is 4.68 Å². The molecule has 23 heavy (non-hydrogen) atoms. The van der Waals surface area contributed by atoms with Crippen molar-refractivity contribution in [2.24, 2.45) is 0 Å². The van der Waals surface area contributed by atoms with Gasteiger partial charge >= 0.3 is 5.97 Å². The predicted octanol–water partition coefficient (Wildman–Crippen LogP) is 1.89. The van der Waals surface area contributed by atoms with E-state index in [1.807, 2.05) is 24.3 Å². The summed E-state index contributed by atoms with van der Waals surface area (Å²) in [6.07, 6.45) is 0. The summed E-state index contributed by atoms with van der Waals surface area (Å²) in [6, 6.07) is 7.53. The number of rotatable bonds is 7. The molecule has 2 N–H and O–H groups in total. The Morgan fingerprint density at radius 3 is 2.91 bits per heavy atom. The summed E-state index contributed by atoms with van der Waals surface area (Å²) >= 11 is 4.64. The number of carbonyl (C=O) groups excluding carboxylic acids is 1. The first-order chi connectivity index (χ1) is 11.0. The summed E-state index contributed by atoms with van der Waals surface area (Å²) in [4.78, 5) is 22.5. The van der Waals surface area contributed by atoms with E-state index in [2.05, 4.69) is 31.6 Å². The lowest BCUT2D eigenvalue weighted by Crippen LogP contribution is -2.27. The number of aliphatic carboxylic acids is 1. The zero-order chi connectivity index (χ0) is 16.8. The van der Waals surface area contributed by atoms with Crippen LogP contribution in [0.25, 0.3) is 5.69 Å². The van der Waals surface area contributed by atoms with Gasteiger partial charge in [0.1, 0.15) is 0 Å². The van der Waals surface area contributed by atoms with E-state index in [4.69, 9.17) is 5.11 Å². The fourth-order valence-electron chi connectivity index (χ4n) is 1.87. The van der Waals surface area contributed by atoms with Crippen molar-refractivity contribution >= 4 is 39.6 Å². The van der Waals surface area contributed by atoms with Crippen LogP contribution in [0.15, 0.2) is 28.7 Å². The number of thioether (sulfide) groups is 1. The topological polar surface area (TPSA) is 97.1 Å². The number of amides is 1. The molecule has 0 aliphatic heterocycles. The minimum Gasteiger partial charge on any atom is -0.481 e. The largest absolute Gasteiger partial charge is 0.481 e. The molecule has 0 fully saturated rings. The van der Waals surface area contributed by atoms with Crippen LogP contribution in [0.2, 0.25) is 0 Å². The quantitative estimate of drug-likeness (QED) is 0.691. The second kappa shape index (κ2) is 8.11. The molecular weight excluding hydrogens is 384 g/mol. The molecule has 7 nitrogen and oxygen atoms in total. The Kier molecular flexibility index (Phi) is 6.17. The van der Waals surface area contributed by atoms with Crippen molar-refractivity contribution in [3.8, 4) is 5.69 Å². The minimum atomic E-state index is -0.867. The first kappa shape index (κ1) is 17.5. The summed E-state index contributed by atoms with van der Waals surface area (Å²) in [5.41, 5.74) is 1.70. The SMILES string of the molecule is Cc1c(C(=O)NCCSCC(=O)O)nnn1-c1cccc(Br)c1. The van der Waals surface area contributed by atoms with Crippen molar-refractivity contribution in [1.29, 1.82) is 0 Å². The fourth-order valence-corrected chi connectivity index (χ4v) is 2.82. The monoisotopic (exact) mass is 398 g/mol. The maximum absolute atomic E-state index is 12.1. The van der Waals surface area contributed by atoms with Gasteiger partial charge in [0.25, 0.3) is 5.91 Å². The van der Waals surface area contributed by atoms with Crippen LogP contribution < -0.4 is 5.32 Å². The summed E-state index contributed by atoms with van der Waals surface area (Å²) in [5, 5.41) is 19.2. The number of nitrogens with one attached hydrogen (secondary N) is 1. The molecule has 122 valence electrons. The van der Waals surface area contributed by atoms with Gasteiger partial charge in [0, 0.05) is 16.8 Å². The molecule has 0 spiro atoms. The number of carbonyl (C=O) groups is 2. The molecule has 1 aromatic carbocycles. The van der Waals surface area contributed by atoms with E-state index in [1.165, 1.54) is 11.8 Å². The van der Waals surface area contributed by atoms with Gasteiger partial charge in [-0.2, -0.15) is 0 Å². The van der Waals surface area contributed by atoms with Gasteiger partial charge in [0.05, 0.1) is 17.1 Å². The zero-order valence-electron chi connectivity index (χ0n) is 12.3. The number of benzene rings is 1. The van der Waals surface area contributed by atoms with Gasteiger partial charge in [-0.3, -0.25) is 9.59 Å². The van der Waals surface area contributed by atoms with Crippen molar-refractivity contribution in [2.75, 3.05) is 18.1 Å². The second-order valence-corrected chi connectivity index (χ2v) is 6.64. The minimum absolute atomic E-state index is 0.0218. The van der Waals surface area contributed by atoms with E-state index in [0.29, 0.717) is 18.0 Å². The Bertz CT molecular complexity index is 720. The van der Waals surface area contributed by atoms with Crippen molar-refractivity contribution in [3.63, 3.8) is 0 Å². The molecule has 0 radical (unpaired) electrons. The van der Waals surface area contributed by atoms with E-state index >= 15 is 0 Å². The summed E-state index contributed by atoms with van der Waals surface area (Å²) in [7, 11) is 0. The molecule has 0 atom stereocenters. The van der Waals surface area contributed by atoms with Crippen LogP contribution in [-0.4, -0.2) is 50.0 Å². The predicted molar refractivity (Wildman–Crippen MR) is 91.1 cm³/mol. The smallest absolute Gasteiger partial charge is 0.313 e. The Balaban J connectivity index is 1.98. The van der Waals surface area contributed by atoms with Gasteiger partial charge in [0.2, 0.25) is 0 Å². The molecular formula is C14H15BrN4O3S. The number of nitrogens with zero attached hydrogens (tertiary/aromatic N) is 3. The second-order valence-electron chi connectivity index (χ2n) is 4.62. The highest BCUT2D eigenvalue weighted by molar-refractivity contribution is 9.10. The van der Waals surface area contributed by atoms with E-state index in [0.717, 1.165) is 10.2 Å². The maximum Gasteiger partial charge on any atom is 0.313 e. The Labute approximate surface area is 145 Å². The molecule has 1 aromatic heterocycles. The van der Waals surface area contributed by atoms with Crippen molar-refractivity contribution in [2.45, 2.75) is 6.92 Å². The van der Waals surface area contributed by atoms with Gasteiger partial charge in [-0.15, -0.1) is 16.9 Å². The normalized spacial score (nSPS) is 10.5. The molecule has 0 unspecified atom stereocenters. The maximum atomic E-state index is 12.1. The number of hydrogen-bond acceptors (Lipinski definition) is 5. The van der Waals surface area contributed by atoms with Crippen LogP contribution in [-0.2, 0) is 4.79 Å². The Morgan fingerprint density at radius 1 is 1.43 bits per heavy atom. The van der Waals surface area contributed by atoms with Gasteiger partial charge in [0.15, 0.2) is 5.69 Å². The first-order valence-corrected chi connectivity index (χ1v) is 8.70. The third-order valence-electron chi connectivity index (χ3n) is 2.92. The van der Waals surface area contributed by atoms with Gasteiger partial charge in [-0.05, 0) is 25.1 Å². The lowest BCUT2D eigenvalue weighted by molar-refractivity contribution is -0.133. The molecule has 0 saturated carbocycles. The molecule has 2 rings (SSSR count). The van der Waals surface area contributed by atoms with Crippen LogP contribution >= 0.6 is 27.7 Å². The highest BCUT2D eigenvalue weighted by atomic mass is 79.9. The first-order valence-electron chi connectivity index (χ1n) is 6.75. The number of aromatic nitrogens is 3. The van der Waals surface area contributed by atoms with Crippen molar-refractivity contribution in [3.05, 3.63) is 40.1 Å². The molecule has 0 bridgehead atoms. The molecule has 0 aliphatic carbocycles. The van der Waals surface area contributed by atoms with Gasteiger partial charge in [-0.1, -0.05) is 27.2 Å². The Hall–Kier alpha value is -1.87. The average Bonchev–Trinajstić information content (AvgIpc) is 2.88. The van der Waals surface area contributed by atoms with Crippen LogP contribution in [0.4, 0.5) is 0 Å². The zero-order valence-corrected chi connectivity index (χ0v) is 14.7. The Morgan fingerprint density at radius 2 is 2.22 bits per heavy atom. The van der Waals surface area contributed by atoms with Crippen LogP contribution in [0, 0.1) is 6.92 Å². The van der Waals surface area contributed by atoms with Crippen LogP contribution in [0.1, 0.15) is 16.2 Å².